The molecule has 0 spiro atoms. The van der Waals surface area contributed by atoms with Gasteiger partial charge in [-0.15, -0.1) is 0 Å². The molecule has 0 amide bonds. The Kier molecular flexibility index (Phi) is 3.50. The van der Waals surface area contributed by atoms with E-state index in [1.54, 1.807) is 18.5 Å². The van der Waals surface area contributed by atoms with E-state index in [0.717, 1.165) is 17.7 Å². The molecule has 2 aromatic rings. The molecule has 0 aliphatic carbocycles. The third-order valence-electron chi connectivity index (χ3n) is 2.91. The van der Waals surface area contributed by atoms with Gasteiger partial charge in [0.1, 0.15) is 0 Å². The van der Waals surface area contributed by atoms with Gasteiger partial charge in [-0.25, -0.2) is 9.97 Å². The Bertz CT molecular complexity index is 599. The highest BCUT2D eigenvalue weighted by Crippen LogP contribution is 2.34. The van der Waals surface area contributed by atoms with Crippen LogP contribution < -0.4 is 5.32 Å². The van der Waals surface area contributed by atoms with Crippen molar-refractivity contribution < 1.29 is 9.47 Å². The van der Waals surface area contributed by atoms with Gasteiger partial charge in [0.15, 0.2) is 5.76 Å². The molecule has 1 aliphatic rings. The van der Waals surface area contributed by atoms with Crippen molar-refractivity contribution >= 4 is 5.95 Å². The first-order valence-electron chi connectivity index (χ1n) is 6.52. The summed E-state index contributed by atoms with van der Waals surface area (Å²) < 4.78 is 11.6. The van der Waals surface area contributed by atoms with Crippen molar-refractivity contribution in [2.45, 2.75) is 19.6 Å². The summed E-state index contributed by atoms with van der Waals surface area (Å²) >= 11 is 0. The van der Waals surface area contributed by atoms with Crippen LogP contribution in [0.5, 0.6) is 0 Å². The number of anilines is 1. The third-order valence-corrected chi connectivity index (χ3v) is 2.91. The quantitative estimate of drug-likeness (QED) is 0.923. The lowest BCUT2D eigenvalue weighted by atomic mass is 10.2. The van der Waals surface area contributed by atoms with E-state index in [1.165, 1.54) is 0 Å². The third kappa shape index (κ3) is 2.56. The predicted octanol–water partition coefficient (Wildman–Crippen LogP) is 3.21. The zero-order chi connectivity index (χ0) is 13.8. The van der Waals surface area contributed by atoms with Gasteiger partial charge in [0.25, 0.3) is 6.29 Å². The number of hydrogen-bond donors (Lipinski definition) is 1. The fraction of sp³-hybridized carbons (Fsp3) is 0.200. The molecule has 1 atom stereocenters. The topological polar surface area (TPSA) is 56.3 Å². The smallest absolute Gasteiger partial charge is 0.269 e. The van der Waals surface area contributed by atoms with Crippen molar-refractivity contribution in [1.29, 1.82) is 0 Å². The van der Waals surface area contributed by atoms with Crippen LogP contribution in [-0.4, -0.2) is 9.97 Å². The summed E-state index contributed by atoms with van der Waals surface area (Å²) in [6.07, 6.45) is 3.66. The predicted molar refractivity (Wildman–Crippen MR) is 74.3 cm³/mol. The molecule has 1 aromatic heterocycles. The second-order valence-electron chi connectivity index (χ2n) is 4.28. The summed E-state index contributed by atoms with van der Waals surface area (Å²) in [5.74, 6) is 1.84. The van der Waals surface area contributed by atoms with E-state index in [1.807, 2.05) is 37.3 Å². The monoisotopic (exact) mass is 269 g/mol. The number of ether oxygens (including phenoxy) is 2. The van der Waals surface area contributed by atoms with Gasteiger partial charge in [0.05, 0.1) is 0 Å². The van der Waals surface area contributed by atoms with E-state index in [0.29, 0.717) is 11.8 Å². The van der Waals surface area contributed by atoms with Gasteiger partial charge < -0.3 is 9.47 Å². The van der Waals surface area contributed by atoms with Crippen molar-refractivity contribution in [3.05, 3.63) is 66.0 Å². The van der Waals surface area contributed by atoms with Crippen molar-refractivity contribution in [3.63, 3.8) is 0 Å². The Hall–Kier alpha value is -2.56. The molecule has 1 N–H and O–H groups in total. The number of hydrogen-bond acceptors (Lipinski definition) is 5. The van der Waals surface area contributed by atoms with Gasteiger partial charge >= 0.3 is 0 Å². The molecule has 0 fully saturated rings. The highest BCUT2D eigenvalue weighted by molar-refractivity contribution is 5.33. The van der Waals surface area contributed by atoms with Crippen molar-refractivity contribution in [2.75, 3.05) is 5.32 Å². The minimum absolute atomic E-state index is 0.419. The molecule has 2 heterocycles. The average Bonchev–Trinajstić information content (AvgIpc) is 2.92. The first-order valence-corrected chi connectivity index (χ1v) is 6.52. The SMILES string of the molecule is CCC1=C(Nc2ncccn2)OC(c2ccccc2)O1. The van der Waals surface area contributed by atoms with E-state index >= 15 is 0 Å². The van der Waals surface area contributed by atoms with Crippen LogP contribution in [0.2, 0.25) is 0 Å². The lowest BCUT2D eigenvalue weighted by molar-refractivity contribution is -0.0416. The molecule has 0 radical (unpaired) electrons. The van der Waals surface area contributed by atoms with Crippen molar-refractivity contribution in [1.82, 2.24) is 9.97 Å². The molecule has 0 saturated carbocycles. The van der Waals surface area contributed by atoms with Crippen LogP contribution in [0.25, 0.3) is 0 Å². The number of aromatic nitrogens is 2. The van der Waals surface area contributed by atoms with Gasteiger partial charge in [-0.2, -0.15) is 0 Å². The summed E-state index contributed by atoms with van der Waals surface area (Å²) in [5, 5.41) is 3.05. The fourth-order valence-electron chi connectivity index (χ4n) is 1.93. The van der Waals surface area contributed by atoms with Crippen LogP contribution in [0.3, 0.4) is 0 Å². The first kappa shape index (κ1) is 12.5. The molecule has 5 nitrogen and oxygen atoms in total. The van der Waals surface area contributed by atoms with E-state index in [2.05, 4.69) is 15.3 Å². The van der Waals surface area contributed by atoms with Gasteiger partial charge in [0, 0.05) is 24.4 Å². The van der Waals surface area contributed by atoms with Gasteiger partial charge in [-0.05, 0) is 6.07 Å². The molecule has 20 heavy (non-hydrogen) atoms. The molecule has 3 rings (SSSR count). The molecule has 0 bridgehead atoms. The normalized spacial score (nSPS) is 17.6. The molecule has 102 valence electrons. The van der Waals surface area contributed by atoms with Crippen LogP contribution in [0.1, 0.15) is 25.2 Å². The zero-order valence-corrected chi connectivity index (χ0v) is 11.1. The van der Waals surface area contributed by atoms with Crippen LogP contribution in [0.4, 0.5) is 5.95 Å². The van der Waals surface area contributed by atoms with Crippen molar-refractivity contribution in [2.24, 2.45) is 0 Å². The maximum Gasteiger partial charge on any atom is 0.269 e. The molecule has 5 heteroatoms. The van der Waals surface area contributed by atoms with E-state index < -0.39 is 6.29 Å². The van der Waals surface area contributed by atoms with Gasteiger partial charge in [0.2, 0.25) is 11.8 Å². The summed E-state index contributed by atoms with van der Waals surface area (Å²) in [7, 11) is 0. The fourth-order valence-corrected chi connectivity index (χ4v) is 1.93. The Labute approximate surface area is 117 Å². The molecule has 1 aromatic carbocycles. The van der Waals surface area contributed by atoms with Crippen LogP contribution in [0, 0.1) is 0 Å². The lowest BCUT2D eigenvalue weighted by Gasteiger charge is -2.12. The number of nitrogens with one attached hydrogen (secondary N) is 1. The number of allylic oxidation sites excluding steroid dienone is 1. The highest BCUT2D eigenvalue weighted by Gasteiger charge is 2.28. The second-order valence-corrected chi connectivity index (χ2v) is 4.28. The largest absolute Gasteiger partial charge is 0.449 e. The minimum atomic E-state index is -0.419. The average molecular weight is 269 g/mol. The molecule has 0 saturated heterocycles. The lowest BCUT2D eigenvalue weighted by Crippen LogP contribution is -2.06. The summed E-state index contributed by atoms with van der Waals surface area (Å²) in [5.41, 5.74) is 0.976. The Morgan fingerprint density at radius 3 is 2.50 bits per heavy atom. The Morgan fingerprint density at radius 2 is 1.80 bits per heavy atom. The maximum absolute atomic E-state index is 5.82. The summed E-state index contributed by atoms with van der Waals surface area (Å²) in [4.78, 5) is 8.23. The van der Waals surface area contributed by atoms with Gasteiger partial charge in [-0.1, -0.05) is 37.3 Å². The maximum atomic E-state index is 5.82. The summed E-state index contributed by atoms with van der Waals surface area (Å²) in [6.45, 7) is 2.01. The molecule has 1 unspecified atom stereocenters. The standard InChI is InChI=1S/C15H15N3O2/c1-2-12-13(18-15-16-9-6-10-17-15)20-14(19-12)11-7-4-3-5-8-11/h3-10,14H,2H2,1H3,(H,16,17,18). The van der Waals surface area contributed by atoms with Crippen LogP contribution in [0.15, 0.2) is 60.4 Å². The van der Waals surface area contributed by atoms with E-state index in [9.17, 15) is 0 Å². The van der Waals surface area contributed by atoms with Gasteiger partial charge in [-0.3, -0.25) is 5.32 Å². The van der Waals surface area contributed by atoms with E-state index in [-0.39, 0.29) is 0 Å². The second kappa shape index (κ2) is 5.61. The molecular weight excluding hydrogens is 254 g/mol. The Morgan fingerprint density at radius 1 is 1.05 bits per heavy atom. The number of nitrogens with zero attached hydrogens (tertiary/aromatic N) is 2. The number of rotatable bonds is 4. The highest BCUT2D eigenvalue weighted by atomic mass is 16.7. The van der Waals surface area contributed by atoms with Crippen LogP contribution >= 0.6 is 0 Å². The number of benzene rings is 1. The molecule has 1 aliphatic heterocycles. The van der Waals surface area contributed by atoms with E-state index in [4.69, 9.17) is 9.47 Å². The Balaban J connectivity index is 1.77. The van der Waals surface area contributed by atoms with Crippen LogP contribution in [-0.2, 0) is 9.47 Å². The van der Waals surface area contributed by atoms with Crippen molar-refractivity contribution in [3.8, 4) is 0 Å². The summed E-state index contributed by atoms with van der Waals surface area (Å²) in [6, 6.07) is 11.6. The zero-order valence-electron chi connectivity index (χ0n) is 11.1. The molecular formula is C15H15N3O2. The minimum Gasteiger partial charge on any atom is -0.449 e. The first-order chi connectivity index (χ1) is 9.86.